The van der Waals surface area contributed by atoms with Crippen molar-refractivity contribution < 1.29 is 13.9 Å². The third-order valence-corrected chi connectivity index (χ3v) is 5.54. The number of amides is 1. The first kappa shape index (κ1) is 24.3. The molecule has 0 aliphatic heterocycles. The SMILES string of the molecule is CC(C)c1nc2ccc(Br)cc2c(=O)n1N=Cc1ccc(OCC(=O)Nc2ccc(F)cc2)cc1. The summed E-state index contributed by atoms with van der Waals surface area (Å²) in [5, 5.41) is 7.51. The summed E-state index contributed by atoms with van der Waals surface area (Å²) in [5.41, 5.74) is 1.60. The molecule has 1 N–H and O–H groups in total. The maximum absolute atomic E-state index is 13.1. The van der Waals surface area contributed by atoms with Crippen LogP contribution in [0.5, 0.6) is 5.75 Å². The van der Waals surface area contributed by atoms with E-state index in [0.29, 0.717) is 28.2 Å². The Hall–Kier alpha value is -3.85. The Morgan fingerprint density at radius 2 is 1.86 bits per heavy atom. The van der Waals surface area contributed by atoms with E-state index in [2.05, 4.69) is 31.3 Å². The smallest absolute Gasteiger partial charge is 0.282 e. The van der Waals surface area contributed by atoms with Crippen molar-refractivity contribution in [1.29, 1.82) is 0 Å². The van der Waals surface area contributed by atoms with Gasteiger partial charge in [-0.3, -0.25) is 9.59 Å². The Kier molecular flexibility index (Phi) is 7.36. The second-order valence-electron chi connectivity index (χ2n) is 8.06. The monoisotopic (exact) mass is 536 g/mol. The number of halogens is 2. The molecule has 0 spiro atoms. The van der Waals surface area contributed by atoms with Crippen LogP contribution in [0, 0.1) is 5.82 Å². The zero-order valence-corrected chi connectivity index (χ0v) is 20.6. The Morgan fingerprint density at radius 3 is 2.54 bits per heavy atom. The number of nitrogens with one attached hydrogen (secondary N) is 1. The van der Waals surface area contributed by atoms with Crippen molar-refractivity contribution in [2.45, 2.75) is 19.8 Å². The molecule has 1 amide bonds. The van der Waals surface area contributed by atoms with Crippen molar-refractivity contribution in [3.63, 3.8) is 0 Å². The van der Waals surface area contributed by atoms with E-state index in [1.165, 1.54) is 28.9 Å². The first-order chi connectivity index (χ1) is 16.8. The normalized spacial score (nSPS) is 11.3. The van der Waals surface area contributed by atoms with Gasteiger partial charge in [-0.25, -0.2) is 9.37 Å². The Balaban J connectivity index is 1.46. The molecule has 1 heterocycles. The maximum Gasteiger partial charge on any atom is 0.282 e. The molecule has 0 bridgehead atoms. The highest BCUT2D eigenvalue weighted by molar-refractivity contribution is 9.10. The van der Waals surface area contributed by atoms with Gasteiger partial charge in [-0.05, 0) is 72.3 Å². The summed E-state index contributed by atoms with van der Waals surface area (Å²) in [6.45, 7) is 3.71. The van der Waals surface area contributed by atoms with Crippen LogP contribution in [-0.2, 0) is 4.79 Å². The molecule has 4 aromatic rings. The van der Waals surface area contributed by atoms with Crippen molar-refractivity contribution >= 4 is 44.6 Å². The summed E-state index contributed by atoms with van der Waals surface area (Å²) in [5.74, 6) is 0.308. The predicted octanol–water partition coefficient (Wildman–Crippen LogP) is 5.32. The fourth-order valence-electron chi connectivity index (χ4n) is 3.30. The predicted molar refractivity (Wildman–Crippen MR) is 138 cm³/mol. The molecule has 0 atom stereocenters. The highest BCUT2D eigenvalue weighted by Crippen LogP contribution is 2.19. The summed E-state index contributed by atoms with van der Waals surface area (Å²) < 4.78 is 20.6. The molecule has 7 nitrogen and oxygen atoms in total. The average molecular weight is 537 g/mol. The Labute approximate surface area is 209 Å². The average Bonchev–Trinajstić information content (AvgIpc) is 2.84. The molecule has 0 aliphatic rings. The highest BCUT2D eigenvalue weighted by Gasteiger charge is 2.13. The van der Waals surface area contributed by atoms with Gasteiger partial charge in [0.2, 0.25) is 0 Å². The molecule has 0 saturated heterocycles. The molecule has 4 rings (SSSR count). The number of hydrogen-bond acceptors (Lipinski definition) is 5. The van der Waals surface area contributed by atoms with Crippen LogP contribution in [-0.4, -0.2) is 28.4 Å². The van der Waals surface area contributed by atoms with Crippen LogP contribution < -0.4 is 15.6 Å². The standard InChI is InChI=1S/C26H22BrFN4O3/c1-16(2)25-31-23-12-5-18(27)13-22(23)26(34)32(25)29-14-17-3-10-21(11-4-17)35-15-24(33)30-20-8-6-19(28)7-9-20/h3-14,16H,15H2,1-2H3,(H,30,33). The Morgan fingerprint density at radius 1 is 1.14 bits per heavy atom. The first-order valence-electron chi connectivity index (χ1n) is 10.8. The molecule has 3 aromatic carbocycles. The van der Waals surface area contributed by atoms with E-state index in [4.69, 9.17) is 4.74 Å². The van der Waals surface area contributed by atoms with E-state index in [-0.39, 0.29) is 29.8 Å². The van der Waals surface area contributed by atoms with Crippen molar-refractivity contribution in [3.05, 3.63) is 98.8 Å². The molecule has 0 unspecified atom stereocenters. The zero-order valence-electron chi connectivity index (χ0n) is 19.0. The summed E-state index contributed by atoms with van der Waals surface area (Å²) in [6, 6.07) is 17.8. The maximum atomic E-state index is 13.1. The third-order valence-electron chi connectivity index (χ3n) is 5.05. The van der Waals surface area contributed by atoms with Gasteiger partial charge in [0.25, 0.3) is 11.5 Å². The third kappa shape index (κ3) is 5.99. The van der Waals surface area contributed by atoms with Gasteiger partial charge in [-0.2, -0.15) is 9.78 Å². The first-order valence-corrected chi connectivity index (χ1v) is 11.6. The number of aromatic nitrogens is 2. The van der Waals surface area contributed by atoms with Gasteiger partial charge in [0.1, 0.15) is 17.4 Å². The zero-order chi connectivity index (χ0) is 24.9. The largest absolute Gasteiger partial charge is 0.484 e. The minimum atomic E-state index is -0.377. The van der Waals surface area contributed by atoms with E-state index in [9.17, 15) is 14.0 Å². The lowest BCUT2D eigenvalue weighted by Gasteiger charge is -2.12. The van der Waals surface area contributed by atoms with Gasteiger partial charge in [0, 0.05) is 16.1 Å². The second-order valence-corrected chi connectivity index (χ2v) is 8.98. The number of benzene rings is 3. The molecule has 35 heavy (non-hydrogen) atoms. The van der Waals surface area contributed by atoms with E-state index in [1.54, 1.807) is 42.6 Å². The molecule has 0 aliphatic carbocycles. The number of ether oxygens (including phenoxy) is 1. The van der Waals surface area contributed by atoms with Crippen molar-refractivity contribution in [1.82, 2.24) is 9.66 Å². The fraction of sp³-hybridized carbons (Fsp3) is 0.154. The molecular weight excluding hydrogens is 515 g/mol. The summed E-state index contributed by atoms with van der Waals surface area (Å²) in [7, 11) is 0. The number of nitrogens with zero attached hydrogens (tertiary/aromatic N) is 3. The van der Waals surface area contributed by atoms with Crippen LogP contribution in [0.4, 0.5) is 10.1 Å². The van der Waals surface area contributed by atoms with Gasteiger partial charge < -0.3 is 10.1 Å². The number of carbonyl (C=O) groups is 1. The summed E-state index contributed by atoms with van der Waals surface area (Å²) >= 11 is 3.40. The van der Waals surface area contributed by atoms with Crippen molar-refractivity contribution in [2.24, 2.45) is 5.10 Å². The highest BCUT2D eigenvalue weighted by atomic mass is 79.9. The number of carbonyl (C=O) groups excluding carboxylic acids is 1. The fourth-order valence-corrected chi connectivity index (χ4v) is 3.67. The van der Waals surface area contributed by atoms with Crippen LogP contribution in [0.2, 0.25) is 0 Å². The van der Waals surface area contributed by atoms with Crippen molar-refractivity contribution in [2.75, 3.05) is 11.9 Å². The molecule has 178 valence electrons. The molecule has 0 saturated carbocycles. The van der Waals surface area contributed by atoms with E-state index in [1.807, 2.05) is 19.9 Å². The lowest BCUT2D eigenvalue weighted by Crippen LogP contribution is -2.23. The minimum Gasteiger partial charge on any atom is -0.484 e. The van der Waals surface area contributed by atoms with Crippen LogP contribution in [0.1, 0.15) is 31.2 Å². The number of anilines is 1. The summed E-state index contributed by atoms with van der Waals surface area (Å²) in [6.07, 6.45) is 1.57. The van der Waals surface area contributed by atoms with Crippen LogP contribution in [0.25, 0.3) is 10.9 Å². The number of hydrogen-bond donors (Lipinski definition) is 1. The van der Waals surface area contributed by atoms with Gasteiger partial charge in [-0.1, -0.05) is 29.8 Å². The molecule has 9 heteroatoms. The quantitative estimate of drug-likeness (QED) is 0.324. The van der Waals surface area contributed by atoms with Gasteiger partial charge in [0.05, 0.1) is 17.1 Å². The molecule has 1 aromatic heterocycles. The van der Waals surface area contributed by atoms with E-state index < -0.39 is 0 Å². The number of rotatable bonds is 7. The van der Waals surface area contributed by atoms with Crippen LogP contribution in [0.15, 0.2) is 81.1 Å². The Bertz CT molecular complexity index is 1450. The lowest BCUT2D eigenvalue weighted by atomic mass is 10.2. The van der Waals surface area contributed by atoms with Crippen molar-refractivity contribution in [3.8, 4) is 5.75 Å². The van der Waals surface area contributed by atoms with E-state index in [0.717, 1.165) is 10.0 Å². The molecular formula is C26H22BrFN4O3. The van der Waals surface area contributed by atoms with Crippen LogP contribution in [0.3, 0.4) is 0 Å². The number of fused-ring (bicyclic) bond motifs is 1. The molecule has 0 radical (unpaired) electrons. The molecule has 0 fully saturated rings. The minimum absolute atomic E-state index is 0.00951. The van der Waals surface area contributed by atoms with Gasteiger partial charge in [-0.15, -0.1) is 0 Å². The van der Waals surface area contributed by atoms with Gasteiger partial charge in [0.15, 0.2) is 6.61 Å². The summed E-state index contributed by atoms with van der Waals surface area (Å²) in [4.78, 5) is 29.8. The lowest BCUT2D eigenvalue weighted by molar-refractivity contribution is -0.118. The van der Waals surface area contributed by atoms with Gasteiger partial charge >= 0.3 is 0 Å². The second kappa shape index (κ2) is 10.6. The van der Waals surface area contributed by atoms with E-state index >= 15 is 0 Å². The topological polar surface area (TPSA) is 85.6 Å². The van der Waals surface area contributed by atoms with Crippen LogP contribution >= 0.6 is 15.9 Å².